The van der Waals surface area contributed by atoms with E-state index >= 15 is 0 Å². The number of aliphatic imine (C=N–C) groups is 1. The number of amides is 2. The number of nitrogens with zero attached hydrogens (tertiary/aromatic N) is 2. The molecule has 1 aromatic carbocycles. The van der Waals surface area contributed by atoms with Gasteiger partial charge in [0.05, 0.1) is 5.71 Å². The van der Waals surface area contributed by atoms with Crippen LogP contribution in [-0.2, 0) is 9.59 Å². The van der Waals surface area contributed by atoms with Gasteiger partial charge >= 0.3 is 0 Å². The van der Waals surface area contributed by atoms with E-state index in [1.807, 2.05) is 12.1 Å². The van der Waals surface area contributed by atoms with Crippen molar-refractivity contribution in [2.75, 3.05) is 0 Å². The molecule has 1 aliphatic carbocycles. The molecular weight excluding hydrogens is 406 g/mol. The third-order valence-electron chi connectivity index (χ3n) is 3.62. The second-order valence-corrected chi connectivity index (χ2v) is 6.69. The Morgan fingerprint density at radius 2 is 2.08 bits per heavy atom. The molecule has 0 aromatic heterocycles. The molecule has 2 aliphatic rings. The Balaban J connectivity index is 1.67. The van der Waals surface area contributed by atoms with E-state index < -0.39 is 17.9 Å². The van der Waals surface area contributed by atoms with Gasteiger partial charge in [0.2, 0.25) is 5.11 Å². The van der Waals surface area contributed by atoms with Crippen molar-refractivity contribution in [3.63, 3.8) is 0 Å². The van der Waals surface area contributed by atoms with Crippen LogP contribution in [0.4, 0.5) is 0 Å². The van der Waals surface area contributed by atoms with Crippen LogP contribution < -0.4 is 10.2 Å². The van der Waals surface area contributed by atoms with Gasteiger partial charge in [-0.2, -0.15) is 5.01 Å². The Bertz CT molecular complexity index is 817. The van der Waals surface area contributed by atoms with Gasteiger partial charge in [-0.15, -0.1) is 0 Å². The van der Waals surface area contributed by atoms with Crippen LogP contribution >= 0.6 is 28.1 Å². The van der Waals surface area contributed by atoms with E-state index in [0.29, 0.717) is 11.5 Å². The molecule has 0 saturated heterocycles. The lowest BCUT2D eigenvalue weighted by atomic mass is 9.96. The molecule has 2 unspecified atom stereocenters. The summed E-state index contributed by atoms with van der Waals surface area (Å²) < 4.78 is 6.48. The van der Waals surface area contributed by atoms with Crippen molar-refractivity contribution < 1.29 is 14.3 Å². The summed E-state index contributed by atoms with van der Waals surface area (Å²) in [7, 11) is 0. The molecular formula is C17H14BrN3O3S. The molecule has 1 aromatic rings. The zero-order valence-corrected chi connectivity index (χ0v) is 15.6. The van der Waals surface area contributed by atoms with E-state index in [-0.39, 0.29) is 11.0 Å². The second kappa shape index (κ2) is 7.28. The van der Waals surface area contributed by atoms with Gasteiger partial charge in [0, 0.05) is 4.47 Å². The Morgan fingerprint density at radius 1 is 1.36 bits per heavy atom. The lowest BCUT2D eigenvalue weighted by Crippen LogP contribution is -2.56. The summed E-state index contributed by atoms with van der Waals surface area (Å²) in [4.78, 5) is 29.1. The van der Waals surface area contributed by atoms with E-state index in [1.165, 1.54) is 0 Å². The first-order chi connectivity index (χ1) is 12.0. The van der Waals surface area contributed by atoms with Gasteiger partial charge in [-0.25, -0.2) is 4.99 Å². The largest absolute Gasteiger partial charge is 0.481 e. The molecule has 1 heterocycles. The topological polar surface area (TPSA) is 71.0 Å². The third-order valence-corrected chi connectivity index (χ3v) is 4.42. The van der Waals surface area contributed by atoms with Crippen LogP contribution in [0.25, 0.3) is 0 Å². The number of hydrogen-bond donors (Lipinski definition) is 1. The maximum Gasteiger partial charge on any atom is 0.279 e. The van der Waals surface area contributed by atoms with Gasteiger partial charge in [-0.1, -0.05) is 34.2 Å². The molecule has 2 amide bonds. The molecule has 0 saturated carbocycles. The minimum absolute atomic E-state index is 0.000363. The number of nitrogens with one attached hydrogen (secondary N) is 1. The summed E-state index contributed by atoms with van der Waals surface area (Å²) >= 11 is 8.45. The number of fused-ring (bicyclic) bond motifs is 1. The van der Waals surface area contributed by atoms with Crippen molar-refractivity contribution in [3.8, 4) is 5.75 Å². The van der Waals surface area contributed by atoms with Crippen molar-refractivity contribution in [1.29, 1.82) is 0 Å². The van der Waals surface area contributed by atoms with Crippen LogP contribution in [0.2, 0.25) is 0 Å². The maximum absolute atomic E-state index is 12.5. The number of allylic oxidation sites excluding steroid dienone is 3. The lowest BCUT2D eigenvalue weighted by Gasteiger charge is -2.30. The predicted octanol–water partition coefficient (Wildman–Crippen LogP) is 2.56. The number of carbonyl (C=O) groups is 2. The average Bonchev–Trinajstić information content (AvgIpc) is 2.60. The molecule has 25 heavy (non-hydrogen) atoms. The predicted molar refractivity (Wildman–Crippen MR) is 101 cm³/mol. The molecule has 0 spiro atoms. The Hall–Kier alpha value is -2.32. The van der Waals surface area contributed by atoms with Crippen LogP contribution in [0.5, 0.6) is 5.75 Å². The number of thiocarbonyl (C=S) groups is 1. The Morgan fingerprint density at radius 3 is 2.80 bits per heavy atom. The van der Waals surface area contributed by atoms with Crippen LogP contribution in [-0.4, -0.2) is 33.8 Å². The average molecular weight is 420 g/mol. The summed E-state index contributed by atoms with van der Waals surface area (Å²) in [6.45, 7) is 1.59. The van der Waals surface area contributed by atoms with E-state index in [9.17, 15) is 9.59 Å². The molecule has 1 aliphatic heterocycles. The Kier molecular flexibility index (Phi) is 5.10. The third kappa shape index (κ3) is 3.85. The van der Waals surface area contributed by atoms with Crippen molar-refractivity contribution in [2.24, 2.45) is 10.9 Å². The van der Waals surface area contributed by atoms with Crippen molar-refractivity contribution >= 4 is 50.8 Å². The second-order valence-electron chi connectivity index (χ2n) is 5.40. The van der Waals surface area contributed by atoms with Crippen LogP contribution in [0.3, 0.4) is 0 Å². The molecule has 0 bridgehead atoms. The highest BCUT2D eigenvalue weighted by Gasteiger charge is 2.35. The number of halogens is 1. The molecule has 0 radical (unpaired) electrons. The van der Waals surface area contributed by atoms with E-state index in [2.05, 4.69) is 26.3 Å². The fourth-order valence-electron chi connectivity index (χ4n) is 2.32. The van der Waals surface area contributed by atoms with Gasteiger partial charge in [0.25, 0.3) is 11.8 Å². The van der Waals surface area contributed by atoms with Crippen LogP contribution in [0, 0.1) is 5.92 Å². The van der Waals surface area contributed by atoms with Crippen LogP contribution in [0.1, 0.15) is 6.92 Å². The van der Waals surface area contributed by atoms with Gasteiger partial charge in [-0.05, 0) is 49.5 Å². The van der Waals surface area contributed by atoms with E-state index in [1.54, 1.807) is 43.4 Å². The first kappa shape index (κ1) is 17.5. The molecule has 6 nitrogen and oxygen atoms in total. The number of benzene rings is 1. The lowest BCUT2D eigenvalue weighted by molar-refractivity contribution is -0.140. The molecule has 8 heteroatoms. The van der Waals surface area contributed by atoms with Gasteiger partial charge in [0.1, 0.15) is 11.7 Å². The van der Waals surface area contributed by atoms with Gasteiger partial charge in [-0.3, -0.25) is 15.0 Å². The van der Waals surface area contributed by atoms with Crippen LogP contribution in [0.15, 0.2) is 58.0 Å². The number of rotatable bonds is 4. The normalized spacial score (nSPS) is 20.0. The minimum Gasteiger partial charge on any atom is -0.481 e. The standard InChI is InChI=1S/C17H14BrN3O3S/c1-10(24-12-8-6-11(18)7-9-12)15(22)20-21-16(23)13-4-2-3-5-14(13)19-17(21)25/h2-10,13H,1H3,(H,20,22). The number of ether oxygens (including phenoxy) is 1. The number of hydrazine groups is 1. The zero-order valence-electron chi connectivity index (χ0n) is 13.2. The Labute approximate surface area is 158 Å². The van der Waals surface area contributed by atoms with E-state index in [4.69, 9.17) is 17.0 Å². The first-order valence-corrected chi connectivity index (χ1v) is 8.70. The fourth-order valence-corrected chi connectivity index (χ4v) is 2.82. The fraction of sp³-hybridized carbons (Fsp3) is 0.176. The molecule has 0 fully saturated rings. The van der Waals surface area contributed by atoms with Gasteiger partial charge < -0.3 is 4.74 Å². The monoisotopic (exact) mass is 419 g/mol. The minimum atomic E-state index is -0.816. The van der Waals surface area contributed by atoms with Crippen molar-refractivity contribution in [1.82, 2.24) is 10.4 Å². The molecule has 2 atom stereocenters. The SMILES string of the molecule is CC(Oc1ccc(Br)cc1)C(=O)NN1C(=O)C2C=CC=CC2=NC1=S. The van der Waals surface area contributed by atoms with Gasteiger partial charge in [0.15, 0.2) is 6.10 Å². The number of carbonyl (C=O) groups excluding carboxylic acids is 2. The smallest absolute Gasteiger partial charge is 0.279 e. The summed E-state index contributed by atoms with van der Waals surface area (Å²) in [5.41, 5.74) is 3.06. The summed E-state index contributed by atoms with van der Waals surface area (Å²) in [5, 5.41) is 0.997. The summed E-state index contributed by atoms with van der Waals surface area (Å²) in [6, 6.07) is 7.09. The first-order valence-electron chi connectivity index (χ1n) is 7.50. The van der Waals surface area contributed by atoms with Crippen molar-refractivity contribution in [2.45, 2.75) is 13.0 Å². The molecule has 128 valence electrons. The molecule has 1 N–H and O–H groups in total. The highest BCUT2D eigenvalue weighted by atomic mass is 79.9. The van der Waals surface area contributed by atoms with E-state index in [0.717, 1.165) is 9.48 Å². The quantitative estimate of drug-likeness (QED) is 0.761. The number of hydrogen-bond acceptors (Lipinski definition) is 4. The van der Waals surface area contributed by atoms with Crippen molar-refractivity contribution in [3.05, 3.63) is 53.0 Å². The maximum atomic E-state index is 12.5. The highest BCUT2D eigenvalue weighted by molar-refractivity contribution is 9.10. The molecule has 3 rings (SSSR count). The highest BCUT2D eigenvalue weighted by Crippen LogP contribution is 2.19. The summed E-state index contributed by atoms with van der Waals surface area (Å²) in [5.74, 6) is -0.842. The summed E-state index contributed by atoms with van der Waals surface area (Å²) in [6.07, 6.45) is 6.17. The zero-order chi connectivity index (χ0) is 18.0.